The average Bonchev–Trinajstić information content (AvgIpc) is 2.70. The summed E-state index contributed by atoms with van der Waals surface area (Å²) in [5.74, 6) is -0.691. The van der Waals surface area contributed by atoms with Crippen LogP contribution in [0.1, 0.15) is 42.3 Å². The molecule has 30 heavy (non-hydrogen) atoms. The Morgan fingerprint density at radius 3 is 2.23 bits per heavy atom. The number of halogens is 2. The molecule has 0 fully saturated rings. The number of alkyl halides is 2. The molecule has 0 radical (unpaired) electrons. The lowest BCUT2D eigenvalue weighted by molar-refractivity contribution is -0.120. The van der Waals surface area contributed by atoms with Gasteiger partial charge in [-0.05, 0) is 40.8 Å². The summed E-state index contributed by atoms with van der Waals surface area (Å²) in [5.41, 5.74) is 2.19. The molecule has 0 aliphatic heterocycles. The highest BCUT2D eigenvalue weighted by Crippen LogP contribution is 2.29. The van der Waals surface area contributed by atoms with Gasteiger partial charge >= 0.3 is 6.61 Å². The Labute approximate surface area is 174 Å². The van der Waals surface area contributed by atoms with E-state index in [2.05, 4.69) is 36.1 Å². The maximum absolute atomic E-state index is 12.4. The van der Waals surface area contributed by atoms with Crippen LogP contribution >= 0.6 is 0 Å². The van der Waals surface area contributed by atoms with Gasteiger partial charge in [0.1, 0.15) is 0 Å². The Morgan fingerprint density at radius 1 is 1.00 bits per heavy atom. The molecule has 2 rings (SSSR count). The van der Waals surface area contributed by atoms with E-state index in [0.717, 1.165) is 5.56 Å². The molecule has 2 aromatic carbocycles. The molecule has 2 N–H and O–H groups in total. The van der Waals surface area contributed by atoms with Crippen molar-refractivity contribution in [2.75, 3.05) is 13.7 Å². The maximum atomic E-state index is 12.4. The van der Waals surface area contributed by atoms with Crippen molar-refractivity contribution in [2.24, 2.45) is 0 Å². The first-order valence-electron chi connectivity index (χ1n) is 9.37. The molecule has 0 atom stereocenters. The van der Waals surface area contributed by atoms with Crippen molar-refractivity contribution >= 4 is 11.8 Å². The van der Waals surface area contributed by atoms with E-state index in [9.17, 15) is 18.4 Å². The molecule has 8 heteroatoms. The van der Waals surface area contributed by atoms with Gasteiger partial charge in [0.25, 0.3) is 5.91 Å². The first kappa shape index (κ1) is 23.1. The summed E-state index contributed by atoms with van der Waals surface area (Å²) in [5, 5.41) is 5.22. The molecule has 162 valence electrons. The molecule has 0 saturated heterocycles. The number of methoxy groups -OCH3 is 1. The molecule has 0 bridgehead atoms. The van der Waals surface area contributed by atoms with E-state index in [1.165, 1.54) is 25.3 Å². The first-order valence-corrected chi connectivity index (χ1v) is 9.37. The molecule has 0 unspecified atom stereocenters. The second-order valence-corrected chi connectivity index (χ2v) is 7.65. The first-order chi connectivity index (χ1) is 14.1. The van der Waals surface area contributed by atoms with E-state index in [1.54, 1.807) is 12.1 Å². The molecule has 0 heterocycles. The second kappa shape index (κ2) is 10.0. The summed E-state index contributed by atoms with van der Waals surface area (Å²) in [6.45, 7) is 3.24. The number of benzene rings is 2. The highest BCUT2D eigenvalue weighted by molar-refractivity contribution is 5.96. The normalized spacial score (nSPS) is 11.2. The number of ether oxygens (including phenoxy) is 2. The van der Waals surface area contributed by atoms with Crippen molar-refractivity contribution in [1.82, 2.24) is 10.6 Å². The molecule has 2 aromatic rings. The zero-order chi connectivity index (χ0) is 22.3. The number of nitrogens with one attached hydrogen (secondary N) is 2. The number of hydrogen-bond donors (Lipinski definition) is 2. The zero-order valence-electron chi connectivity index (χ0n) is 17.4. The summed E-state index contributed by atoms with van der Waals surface area (Å²) in [6, 6.07) is 11.6. The van der Waals surface area contributed by atoms with Gasteiger partial charge in [-0.3, -0.25) is 9.59 Å². The van der Waals surface area contributed by atoms with E-state index < -0.39 is 6.61 Å². The Hall–Kier alpha value is -3.16. The van der Waals surface area contributed by atoms with Crippen LogP contribution in [0.25, 0.3) is 0 Å². The fraction of sp³-hybridized carbons (Fsp3) is 0.364. The standard InChI is InChI=1S/C22H26F2N2O4/c1-22(2,3)16-8-6-15(7-9-16)20(28)26-13-19(27)25-12-14-5-10-17(30-21(23)24)18(11-14)29-4/h5-11,21H,12-13H2,1-4H3,(H,25,27)(H,26,28). The molecular formula is C22H26F2N2O4. The van der Waals surface area contributed by atoms with E-state index in [1.807, 2.05) is 12.1 Å². The number of hydrogen-bond acceptors (Lipinski definition) is 4. The van der Waals surface area contributed by atoms with Crippen LogP contribution in [-0.2, 0) is 16.8 Å². The van der Waals surface area contributed by atoms with Crippen molar-refractivity contribution in [1.29, 1.82) is 0 Å². The lowest BCUT2D eigenvalue weighted by Gasteiger charge is -2.19. The largest absolute Gasteiger partial charge is 0.493 e. The van der Waals surface area contributed by atoms with Crippen molar-refractivity contribution in [3.8, 4) is 11.5 Å². The van der Waals surface area contributed by atoms with Crippen molar-refractivity contribution in [2.45, 2.75) is 39.3 Å². The van der Waals surface area contributed by atoms with E-state index in [-0.39, 0.29) is 41.8 Å². The molecule has 0 aliphatic rings. The van der Waals surface area contributed by atoms with Crippen LogP contribution in [0.4, 0.5) is 8.78 Å². The highest BCUT2D eigenvalue weighted by Gasteiger charge is 2.15. The van der Waals surface area contributed by atoms with Crippen LogP contribution < -0.4 is 20.1 Å². The number of carbonyl (C=O) groups is 2. The van der Waals surface area contributed by atoms with Gasteiger partial charge in [-0.2, -0.15) is 8.78 Å². The van der Waals surface area contributed by atoms with Gasteiger partial charge in [0.2, 0.25) is 5.91 Å². The van der Waals surface area contributed by atoms with Gasteiger partial charge in [0, 0.05) is 12.1 Å². The third-order valence-corrected chi connectivity index (χ3v) is 4.36. The van der Waals surface area contributed by atoms with Crippen LogP contribution in [0, 0.1) is 0 Å². The zero-order valence-corrected chi connectivity index (χ0v) is 17.4. The van der Waals surface area contributed by atoms with Gasteiger partial charge in [0.05, 0.1) is 13.7 Å². The van der Waals surface area contributed by atoms with Crippen LogP contribution in [0.5, 0.6) is 11.5 Å². The Morgan fingerprint density at radius 2 is 1.67 bits per heavy atom. The summed E-state index contributed by atoms with van der Waals surface area (Å²) in [6.07, 6.45) is 0. The molecule has 0 aromatic heterocycles. The minimum Gasteiger partial charge on any atom is -0.493 e. The van der Waals surface area contributed by atoms with Crippen LogP contribution in [-0.4, -0.2) is 32.1 Å². The predicted molar refractivity (Wildman–Crippen MR) is 109 cm³/mol. The van der Waals surface area contributed by atoms with Crippen LogP contribution in [0.15, 0.2) is 42.5 Å². The lowest BCUT2D eigenvalue weighted by atomic mass is 9.87. The fourth-order valence-electron chi connectivity index (χ4n) is 2.66. The van der Waals surface area contributed by atoms with E-state index >= 15 is 0 Å². The summed E-state index contributed by atoms with van der Waals surface area (Å²) in [4.78, 5) is 24.2. The molecule has 0 saturated carbocycles. The molecule has 6 nitrogen and oxygen atoms in total. The monoisotopic (exact) mass is 420 g/mol. The quantitative estimate of drug-likeness (QED) is 0.684. The summed E-state index contributed by atoms with van der Waals surface area (Å²) < 4.78 is 34.1. The Balaban J connectivity index is 1.85. The second-order valence-electron chi connectivity index (χ2n) is 7.65. The SMILES string of the molecule is COc1cc(CNC(=O)CNC(=O)c2ccc(C(C)(C)C)cc2)ccc1OC(F)F. The van der Waals surface area contributed by atoms with Gasteiger partial charge < -0.3 is 20.1 Å². The highest BCUT2D eigenvalue weighted by atomic mass is 19.3. The third-order valence-electron chi connectivity index (χ3n) is 4.36. The lowest BCUT2D eigenvalue weighted by Crippen LogP contribution is -2.36. The number of carbonyl (C=O) groups excluding carboxylic acids is 2. The molecular weight excluding hydrogens is 394 g/mol. The van der Waals surface area contributed by atoms with Crippen molar-refractivity contribution < 1.29 is 27.8 Å². The summed E-state index contributed by atoms with van der Waals surface area (Å²) >= 11 is 0. The fourth-order valence-corrected chi connectivity index (χ4v) is 2.66. The Bertz CT molecular complexity index is 878. The smallest absolute Gasteiger partial charge is 0.387 e. The third kappa shape index (κ3) is 6.72. The molecule has 2 amide bonds. The van der Waals surface area contributed by atoms with E-state index in [4.69, 9.17) is 4.74 Å². The van der Waals surface area contributed by atoms with Gasteiger partial charge in [-0.15, -0.1) is 0 Å². The van der Waals surface area contributed by atoms with Crippen molar-refractivity contribution in [3.63, 3.8) is 0 Å². The van der Waals surface area contributed by atoms with Gasteiger partial charge in [-0.25, -0.2) is 0 Å². The Kier molecular flexibility index (Phi) is 7.74. The van der Waals surface area contributed by atoms with Gasteiger partial charge in [-0.1, -0.05) is 39.0 Å². The predicted octanol–water partition coefficient (Wildman–Crippen LogP) is 3.64. The molecule has 0 aliphatic carbocycles. The molecule has 0 spiro atoms. The van der Waals surface area contributed by atoms with E-state index in [0.29, 0.717) is 11.1 Å². The number of rotatable bonds is 8. The van der Waals surface area contributed by atoms with Crippen molar-refractivity contribution in [3.05, 3.63) is 59.2 Å². The number of amides is 2. The maximum Gasteiger partial charge on any atom is 0.387 e. The van der Waals surface area contributed by atoms with Crippen LogP contribution in [0.2, 0.25) is 0 Å². The topological polar surface area (TPSA) is 76.7 Å². The van der Waals surface area contributed by atoms with Gasteiger partial charge in [0.15, 0.2) is 11.5 Å². The minimum atomic E-state index is -2.96. The summed E-state index contributed by atoms with van der Waals surface area (Å²) in [7, 11) is 1.33. The minimum absolute atomic E-state index is 0.0125. The average molecular weight is 420 g/mol. The van der Waals surface area contributed by atoms with Crippen LogP contribution in [0.3, 0.4) is 0 Å².